The Morgan fingerprint density at radius 3 is 1.20 bits per heavy atom. The molecule has 0 saturated heterocycles. The summed E-state index contributed by atoms with van der Waals surface area (Å²) in [6, 6.07) is 125. The van der Waals surface area contributed by atoms with E-state index in [1.807, 2.05) is 30.3 Å². The van der Waals surface area contributed by atoms with Gasteiger partial charge in [0.05, 0.1) is 39.1 Å². The molecule has 10 heteroatoms. The third-order valence-corrected chi connectivity index (χ3v) is 20.2. The second-order valence-corrected chi connectivity index (χ2v) is 25.9. The van der Waals surface area contributed by atoms with Gasteiger partial charge >= 0.3 is 0 Å². The minimum atomic E-state index is 0.0674. The molecule has 0 atom stereocenters. The molecule has 101 heavy (non-hydrogen) atoms. The largest absolute Gasteiger partial charge is 0.311 e. The molecule has 0 amide bonds. The van der Waals surface area contributed by atoms with Gasteiger partial charge in [-0.25, -0.2) is 24.9 Å². The van der Waals surface area contributed by atoms with Crippen molar-refractivity contribution < 1.29 is 0 Å². The molecule has 0 unspecified atom stereocenters. The first-order chi connectivity index (χ1) is 50.1. The first-order valence-corrected chi connectivity index (χ1v) is 34.3. The van der Waals surface area contributed by atoms with Crippen molar-refractivity contribution in [3.63, 3.8) is 0 Å². The summed E-state index contributed by atoms with van der Waals surface area (Å²) in [4.78, 5) is 32.1. The average molecular weight is 1290 g/mol. The lowest BCUT2D eigenvalue weighted by molar-refractivity contribution is 1.06. The molecule has 0 aliphatic carbocycles. The Bertz CT molecular complexity index is 6200. The van der Waals surface area contributed by atoms with Crippen LogP contribution in [0, 0.1) is 0 Å². The molecule has 0 saturated carbocycles. The van der Waals surface area contributed by atoms with Crippen LogP contribution in [-0.4, -0.2) is 40.8 Å². The molecular formula is C91H58BN9. The summed E-state index contributed by atoms with van der Waals surface area (Å²) >= 11 is 0. The number of hydrogen-bond donors (Lipinski definition) is 0. The fraction of sp³-hybridized carbons (Fsp3) is 0. The molecule has 4 aromatic heterocycles. The molecule has 0 bridgehead atoms. The van der Waals surface area contributed by atoms with E-state index in [0.717, 1.165) is 111 Å². The Kier molecular flexibility index (Phi) is 13.5. The second kappa shape index (κ2) is 23.6. The summed E-state index contributed by atoms with van der Waals surface area (Å²) in [5.74, 6) is 2.17. The van der Waals surface area contributed by atoms with Crippen LogP contribution < -0.4 is 26.2 Å². The van der Waals surface area contributed by atoms with Gasteiger partial charge in [0.15, 0.2) is 23.3 Å². The maximum absolute atomic E-state index is 5.60. The lowest BCUT2D eigenvalue weighted by Crippen LogP contribution is -2.61. The SMILES string of the molecule is c1ccc(-c2cc(-c3ccccc3)nc(-c3ccc(-n4c5ccccc5c5cc6c7ccccc7n(-c7ccccc7)c6cc54)c(-c4nc(-c5ccccc5)nc(-c5ccc(-c6ccc(N7c8ccccc8B8c9ccccc9N(c9ccccc9)c9cccc7c98)cc6)cc5)n4)c3)n2)cc1. The highest BCUT2D eigenvalue weighted by Crippen LogP contribution is 2.46. The molecule has 2 aliphatic heterocycles. The molecule has 0 N–H and O–H groups in total. The van der Waals surface area contributed by atoms with Crippen molar-refractivity contribution in [3.05, 3.63) is 352 Å². The second-order valence-electron chi connectivity index (χ2n) is 25.9. The molecule has 6 heterocycles. The van der Waals surface area contributed by atoms with Crippen molar-refractivity contribution in [3.8, 4) is 90.6 Å². The Balaban J connectivity index is 0.741. The first kappa shape index (κ1) is 57.7. The van der Waals surface area contributed by atoms with Crippen LogP contribution >= 0.6 is 0 Å². The summed E-state index contributed by atoms with van der Waals surface area (Å²) in [5, 5.41) is 4.63. The lowest BCUT2D eigenvalue weighted by atomic mass is 9.33. The van der Waals surface area contributed by atoms with Gasteiger partial charge in [0.1, 0.15) is 0 Å². The van der Waals surface area contributed by atoms with E-state index in [1.54, 1.807) is 0 Å². The van der Waals surface area contributed by atoms with E-state index in [0.29, 0.717) is 23.3 Å². The van der Waals surface area contributed by atoms with Crippen molar-refractivity contribution in [2.24, 2.45) is 0 Å². The summed E-state index contributed by atoms with van der Waals surface area (Å²) in [6.07, 6.45) is 0. The molecule has 0 radical (unpaired) electrons. The number of anilines is 6. The molecule has 14 aromatic carbocycles. The lowest BCUT2D eigenvalue weighted by Gasteiger charge is -2.44. The van der Waals surface area contributed by atoms with E-state index in [9.17, 15) is 0 Å². The fourth-order valence-corrected chi connectivity index (χ4v) is 15.6. The maximum Gasteiger partial charge on any atom is 0.252 e. The van der Waals surface area contributed by atoms with E-state index in [4.69, 9.17) is 24.9 Å². The average Bonchev–Trinajstić information content (AvgIpc) is 1.28. The zero-order chi connectivity index (χ0) is 66.5. The van der Waals surface area contributed by atoms with Gasteiger partial charge in [-0.2, -0.15) is 0 Å². The quantitative estimate of drug-likeness (QED) is 0.119. The summed E-state index contributed by atoms with van der Waals surface area (Å²) < 4.78 is 4.78. The van der Waals surface area contributed by atoms with Gasteiger partial charge in [-0.05, 0) is 137 Å². The standard InChI is InChI=1S/C91H58BN9/c1-6-25-61(26-7-1)76-57-77(62-27-8-2-9-28-62)94-90(93-76)65-51-54-80(101-79-40-21-17-36-70(79)72-56-71-69-35-16-20-39-78(69)98(85(71)58-86(72)101)66-31-12-4-13-32-66)73(55-65)91-96-88(63-29-10-3-11-30-63)95-89(97-91)64-47-45-59(46-48-64)60-49-52-68(53-50-60)100-82-42-23-19-38-75(82)92-74-37-18-22-41-81(74)99(67-33-14-5-15-34-67)83-43-24-44-84(100)87(83)92/h1-58H. The van der Waals surface area contributed by atoms with E-state index in [1.165, 1.54) is 49.9 Å². The van der Waals surface area contributed by atoms with Gasteiger partial charge in [-0.1, -0.05) is 243 Å². The van der Waals surface area contributed by atoms with Crippen LogP contribution in [0.25, 0.3) is 134 Å². The van der Waals surface area contributed by atoms with Gasteiger partial charge in [0.2, 0.25) is 0 Å². The molecule has 2 aliphatic rings. The smallest absolute Gasteiger partial charge is 0.252 e. The number of benzene rings is 14. The molecule has 18 aromatic rings. The van der Waals surface area contributed by atoms with E-state index in [2.05, 4.69) is 340 Å². The van der Waals surface area contributed by atoms with Crippen LogP contribution in [0.15, 0.2) is 352 Å². The maximum atomic E-state index is 5.60. The molecular weight excluding hydrogens is 1230 g/mol. The Hall–Kier alpha value is -13.6. The van der Waals surface area contributed by atoms with Gasteiger partial charge < -0.3 is 18.9 Å². The van der Waals surface area contributed by atoms with Gasteiger partial charge in [0.25, 0.3) is 6.71 Å². The highest BCUT2D eigenvalue weighted by atomic mass is 15.2. The number of rotatable bonds is 11. The predicted molar refractivity (Wildman–Crippen MR) is 416 cm³/mol. The normalized spacial score (nSPS) is 12.3. The summed E-state index contributed by atoms with van der Waals surface area (Å²) in [6.45, 7) is 0.0674. The van der Waals surface area contributed by atoms with Crippen LogP contribution in [-0.2, 0) is 0 Å². The number of nitrogens with zero attached hydrogens (tertiary/aromatic N) is 9. The van der Waals surface area contributed by atoms with E-state index >= 15 is 0 Å². The van der Waals surface area contributed by atoms with Crippen molar-refractivity contribution in [1.82, 2.24) is 34.1 Å². The van der Waals surface area contributed by atoms with Crippen molar-refractivity contribution in [2.45, 2.75) is 0 Å². The Labute approximate surface area is 583 Å². The molecule has 0 spiro atoms. The molecule has 0 fully saturated rings. The van der Waals surface area contributed by atoms with Gasteiger partial charge in [-0.3, -0.25) is 0 Å². The van der Waals surface area contributed by atoms with Gasteiger partial charge in [-0.15, -0.1) is 0 Å². The van der Waals surface area contributed by atoms with Crippen molar-refractivity contribution in [2.75, 3.05) is 9.80 Å². The number of para-hydroxylation sites is 6. The zero-order valence-electron chi connectivity index (χ0n) is 54.6. The third kappa shape index (κ3) is 9.59. The Morgan fingerprint density at radius 1 is 0.218 bits per heavy atom. The highest BCUT2D eigenvalue weighted by Gasteiger charge is 2.43. The number of aromatic nitrogens is 7. The predicted octanol–water partition coefficient (Wildman–Crippen LogP) is 20.6. The van der Waals surface area contributed by atoms with E-state index in [-0.39, 0.29) is 6.71 Å². The van der Waals surface area contributed by atoms with Crippen LogP contribution in [0.5, 0.6) is 0 Å². The fourth-order valence-electron chi connectivity index (χ4n) is 15.6. The summed E-state index contributed by atoms with van der Waals surface area (Å²) in [5.41, 5.74) is 26.2. The van der Waals surface area contributed by atoms with Gasteiger partial charge in [0, 0.05) is 94.7 Å². The van der Waals surface area contributed by atoms with Crippen molar-refractivity contribution >= 4 is 101 Å². The topological polar surface area (TPSA) is 80.8 Å². The Morgan fingerprint density at radius 2 is 0.624 bits per heavy atom. The highest BCUT2D eigenvalue weighted by molar-refractivity contribution is 7.00. The van der Waals surface area contributed by atoms with Crippen molar-refractivity contribution in [1.29, 1.82) is 0 Å². The van der Waals surface area contributed by atoms with Crippen LogP contribution in [0.1, 0.15) is 0 Å². The monoisotopic (exact) mass is 1290 g/mol. The summed E-state index contributed by atoms with van der Waals surface area (Å²) in [7, 11) is 0. The number of fused-ring (bicyclic) bond motifs is 10. The molecule has 470 valence electrons. The van der Waals surface area contributed by atoms with Crippen LogP contribution in [0.2, 0.25) is 0 Å². The number of hydrogen-bond acceptors (Lipinski definition) is 7. The van der Waals surface area contributed by atoms with Crippen LogP contribution in [0.4, 0.5) is 34.1 Å². The minimum absolute atomic E-state index is 0.0674. The minimum Gasteiger partial charge on any atom is -0.311 e. The molecule has 9 nitrogen and oxygen atoms in total. The zero-order valence-corrected chi connectivity index (χ0v) is 54.6. The first-order valence-electron chi connectivity index (χ1n) is 34.3. The van der Waals surface area contributed by atoms with Crippen LogP contribution in [0.3, 0.4) is 0 Å². The molecule has 20 rings (SSSR count). The van der Waals surface area contributed by atoms with E-state index < -0.39 is 0 Å². The third-order valence-electron chi connectivity index (χ3n) is 20.2.